The van der Waals surface area contributed by atoms with Crippen LogP contribution in [0.4, 0.5) is 11.6 Å². The summed E-state index contributed by atoms with van der Waals surface area (Å²) in [5.74, 6) is 0.570. The van der Waals surface area contributed by atoms with Gasteiger partial charge in [-0.25, -0.2) is 9.97 Å². The molecule has 0 fully saturated rings. The molecule has 156 valence electrons. The minimum atomic E-state index is -3.42. The van der Waals surface area contributed by atoms with Gasteiger partial charge in [0.05, 0.1) is 29.7 Å². The number of nitrogens with zero attached hydrogens (tertiary/aromatic N) is 3. The predicted molar refractivity (Wildman–Crippen MR) is 120 cm³/mol. The van der Waals surface area contributed by atoms with Crippen LogP contribution in [-0.4, -0.2) is 27.6 Å². The molecule has 0 aliphatic heterocycles. The molecule has 0 amide bonds. The van der Waals surface area contributed by atoms with Gasteiger partial charge in [-0.15, -0.1) is 0 Å². The van der Waals surface area contributed by atoms with Gasteiger partial charge in [0.15, 0.2) is 0 Å². The Bertz CT molecular complexity index is 1260. The Morgan fingerprint density at radius 2 is 1.87 bits per heavy atom. The van der Waals surface area contributed by atoms with Crippen LogP contribution in [0.1, 0.15) is 19.5 Å². The van der Waals surface area contributed by atoms with Crippen molar-refractivity contribution in [2.75, 3.05) is 18.5 Å². The molecule has 0 saturated heterocycles. The first kappa shape index (κ1) is 20.8. The Balaban J connectivity index is 1.89. The van der Waals surface area contributed by atoms with Crippen LogP contribution in [-0.2, 0) is 13.6 Å². The number of benzene rings is 2. The van der Waals surface area contributed by atoms with Crippen molar-refractivity contribution in [3.63, 3.8) is 0 Å². The van der Waals surface area contributed by atoms with E-state index in [1.54, 1.807) is 26.0 Å². The van der Waals surface area contributed by atoms with E-state index < -0.39 is 7.60 Å². The predicted octanol–water partition coefficient (Wildman–Crippen LogP) is 5.48. The van der Waals surface area contributed by atoms with E-state index in [0.29, 0.717) is 21.8 Å². The summed E-state index contributed by atoms with van der Waals surface area (Å²) in [7, 11) is -3.42. The van der Waals surface area contributed by atoms with E-state index in [9.17, 15) is 4.57 Å². The molecule has 9 heteroatoms. The second kappa shape index (κ2) is 8.36. The monoisotopic (exact) mass is 444 g/mol. The van der Waals surface area contributed by atoms with Crippen molar-refractivity contribution in [2.24, 2.45) is 0 Å². The van der Waals surface area contributed by atoms with Crippen LogP contribution in [0.25, 0.3) is 16.6 Å². The summed E-state index contributed by atoms with van der Waals surface area (Å²) in [6.45, 7) is 6.06. The second-order valence-electron chi connectivity index (χ2n) is 6.68. The maximum atomic E-state index is 13.2. The Hall–Kier alpha value is -2.44. The molecule has 0 radical (unpaired) electrons. The maximum absolute atomic E-state index is 13.2. The van der Waals surface area contributed by atoms with Crippen LogP contribution in [0.3, 0.4) is 0 Å². The lowest BCUT2D eigenvalue weighted by Crippen LogP contribution is -2.11. The smallest absolute Gasteiger partial charge is 0.325 e. The van der Waals surface area contributed by atoms with Crippen molar-refractivity contribution in [1.29, 1.82) is 0 Å². The molecular weight excluding hydrogens is 423 g/mol. The average molecular weight is 445 g/mol. The van der Waals surface area contributed by atoms with Gasteiger partial charge in [-0.1, -0.05) is 17.7 Å². The Labute approximate surface area is 179 Å². The molecule has 0 spiro atoms. The van der Waals surface area contributed by atoms with Gasteiger partial charge in [0.1, 0.15) is 5.65 Å². The normalized spacial score (nSPS) is 12.0. The zero-order valence-corrected chi connectivity index (χ0v) is 18.6. The summed E-state index contributed by atoms with van der Waals surface area (Å²) < 4.78 is 26.1. The topological polar surface area (TPSA) is 77.8 Å². The summed E-state index contributed by atoms with van der Waals surface area (Å²) in [6, 6.07) is 12.7. The number of halogens is 1. The van der Waals surface area contributed by atoms with Crippen LogP contribution >= 0.6 is 19.2 Å². The van der Waals surface area contributed by atoms with Crippen LogP contribution in [0, 0.1) is 6.92 Å². The summed E-state index contributed by atoms with van der Waals surface area (Å²) >= 11 is 6.12. The van der Waals surface area contributed by atoms with Gasteiger partial charge < -0.3 is 14.4 Å². The van der Waals surface area contributed by atoms with Crippen LogP contribution < -0.4 is 10.6 Å². The van der Waals surface area contributed by atoms with Crippen molar-refractivity contribution in [3.05, 3.63) is 59.4 Å². The molecule has 0 unspecified atom stereocenters. The van der Waals surface area contributed by atoms with E-state index in [-0.39, 0.29) is 13.2 Å². The fourth-order valence-electron chi connectivity index (χ4n) is 3.30. The highest BCUT2D eigenvalue weighted by Gasteiger charge is 2.27. The minimum Gasteiger partial charge on any atom is -0.325 e. The standard InChI is InChI=1S/C21H22ClN4O3P/c1-4-28-30(27,29-5-2)17-9-10-18-19(12-17)25-21(26-13-14(3)23-20(18)26)24-16-8-6-7-15(22)11-16/h6-13H,4-5H2,1-3H3,(H,24,25). The summed E-state index contributed by atoms with van der Waals surface area (Å²) in [5.41, 5.74) is 3.04. The molecule has 0 aliphatic carbocycles. The van der Waals surface area contributed by atoms with E-state index in [0.717, 1.165) is 22.4 Å². The highest BCUT2D eigenvalue weighted by Crippen LogP contribution is 2.47. The summed E-state index contributed by atoms with van der Waals surface area (Å²) in [4.78, 5) is 9.42. The fourth-order valence-corrected chi connectivity index (χ4v) is 5.08. The molecule has 1 N–H and O–H groups in total. The lowest BCUT2D eigenvalue weighted by Gasteiger charge is -2.18. The van der Waals surface area contributed by atoms with Crippen LogP contribution in [0.5, 0.6) is 0 Å². The summed E-state index contributed by atoms with van der Waals surface area (Å²) in [6.07, 6.45) is 1.91. The number of aromatic nitrogens is 3. The second-order valence-corrected chi connectivity index (χ2v) is 9.15. The largest absolute Gasteiger partial charge is 0.361 e. The third kappa shape index (κ3) is 3.94. The molecule has 0 bridgehead atoms. The van der Waals surface area contributed by atoms with Crippen LogP contribution in [0.2, 0.25) is 5.02 Å². The fraction of sp³-hybridized carbons (Fsp3) is 0.238. The molecule has 0 atom stereocenters. The van der Waals surface area contributed by atoms with Gasteiger partial charge in [0.25, 0.3) is 0 Å². The van der Waals surface area contributed by atoms with Gasteiger partial charge in [-0.3, -0.25) is 8.97 Å². The Kier molecular flexibility index (Phi) is 5.80. The third-order valence-corrected chi connectivity index (χ3v) is 6.84. The van der Waals surface area contributed by atoms with Gasteiger partial charge in [0, 0.05) is 22.3 Å². The lowest BCUT2D eigenvalue weighted by molar-refractivity contribution is 0.230. The number of aryl methyl sites for hydroxylation is 1. The number of imidazole rings is 1. The van der Waals surface area contributed by atoms with Crippen LogP contribution in [0.15, 0.2) is 48.7 Å². The first-order chi connectivity index (χ1) is 14.4. The zero-order chi connectivity index (χ0) is 21.3. The number of rotatable bonds is 7. The number of anilines is 2. The van der Waals surface area contributed by atoms with E-state index in [4.69, 9.17) is 25.6 Å². The van der Waals surface area contributed by atoms with Crippen molar-refractivity contribution in [2.45, 2.75) is 20.8 Å². The number of nitrogens with one attached hydrogen (secondary N) is 1. The van der Waals surface area contributed by atoms with Gasteiger partial charge in [0.2, 0.25) is 5.95 Å². The SMILES string of the molecule is CCOP(=O)(OCC)c1ccc2c(c1)nc(Nc1cccc(Cl)c1)n1cc(C)nc21. The lowest BCUT2D eigenvalue weighted by atomic mass is 10.2. The summed E-state index contributed by atoms with van der Waals surface area (Å²) in [5, 5.41) is 5.22. The zero-order valence-electron chi connectivity index (χ0n) is 16.9. The molecule has 0 aliphatic rings. The first-order valence-corrected chi connectivity index (χ1v) is 11.6. The van der Waals surface area contributed by atoms with Gasteiger partial charge in [-0.05, 0) is 57.2 Å². The van der Waals surface area contributed by atoms with Crippen molar-refractivity contribution in [1.82, 2.24) is 14.4 Å². The Morgan fingerprint density at radius 3 is 2.57 bits per heavy atom. The molecule has 4 aromatic rings. The van der Waals surface area contributed by atoms with Gasteiger partial charge >= 0.3 is 7.60 Å². The van der Waals surface area contributed by atoms with Gasteiger partial charge in [-0.2, -0.15) is 0 Å². The van der Waals surface area contributed by atoms with Crippen molar-refractivity contribution < 1.29 is 13.6 Å². The van der Waals surface area contributed by atoms with E-state index in [1.165, 1.54) is 0 Å². The molecule has 2 heterocycles. The molecule has 7 nitrogen and oxygen atoms in total. The molecular formula is C21H22ClN4O3P. The highest BCUT2D eigenvalue weighted by molar-refractivity contribution is 7.62. The average Bonchev–Trinajstić information content (AvgIpc) is 3.10. The van der Waals surface area contributed by atoms with E-state index in [1.807, 2.05) is 47.9 Å². The van der Waals surface area contributed by atoms with E-state index in [2.05, 4.69) is 10.3 Å². The third-order valence-electron chi connectivity index (χ3n) is 4.50. The molecule has 2 aromatic heterocycles. The molecule has 2 aromatic carbocycles. The first-order valence-electron chi connectivity index (χ1n) is 9.65. The Morgan fingerprint density at radius 1 is 1.10 bits per heavy atom. The number of fused-ring (bicyclic) bond motifs is 3. The quantitative estimate of drug-likeness (QED) is 0.380. The molecule has 30 heavy (non-hydrogen) atoms. The molecule has 0 saturated carbocycles. The van der Waals surface area contributed by atoms with Crippen molar-refractivity contribution in [3.8, 4) is 0 Å². The van der Waals surface area contributed by atoms with E-state index >= 15 is 0 Å². The van der Waals surface area contributed by atoms with Crippen molar-refractivity contribution >= 4 is 52.7 Å². The number of hydrogen-bond acceptors (Lipinski definition) is 6. The maximum Gasteiger partial charge on any atom is 0.361 e. The highest BCUT2D eigenvalue weighted by atomic mass is 35.5. The molecule has 4 rings (SSSR count). The minimum absolute atomic E-state index is 0.281. The number of hydrogen-bond donors (Lipinski definition) is 1.